The molecule has 0 aromatic carbocycles. The van der Waals surface area contributed by atoms with Crippen LogP contribution in [0, 0.1) is 13.8 Å². The van der Waals surface area contributed by atoms with Gasteiger partial charge in [0.1, 0.15) is 4.90 Å². The van der Waals surface area contributed by atoms with E-state index in [2.05, 4.69) is 9.82 Å². The Morgan fingerprint density at radius 1 is 1.32 bits per heavy atom. The lowest BCUT2D eigenvalue weighted by Crippen LogP contribution is -2.50. The molecule has 19 heavy (non-hydrogen) atoms. The first-order valence-corrected chi connectivity index (χ1v) is 7.86. The van der Waals surface area contributed by atoms with Crippen LogP contribution in [0.15, 0.2) is 4.90 Å². The van der Waals surface area contributed by atoms with Crippen LogP contribution in [-0.2, 0) is 17.1 Å². The molecule has 1 heterocycles. The molecule has 2 N–H and O–H groups in total. The summed E-state index contributed by atoms with van der Waals surface area (Å²) in [6, 6.07) is 0. The van der Waals surface area contributed by atoms with Crippen LogP contribution >= 0.6 is 0 Å². The molecule has 0 aliphatic rings. The first kappa shape index (κ1) is 16.1. The molecule has 0 bridgehead atoms. The molecule has 0 aliphatic heterocycles. The molecule has 0 spiro atoms. The Kier molecular flexibility index (Phi) is 4.76. The van der Waals surface area contributed by atoms with Gasteiger partial charge >= 0.3 is 0 Å². The van der Waals surface area contributed by atoms with Crippen molar-refractivity contribution in [1.29, 1.82) is 0 Å². The molecule has 0 atom stereocenters. The van der Waals surface area contributed by atoms with Crippen molar-refractivity contribution in [3.05, 3.63) is 11.4 Å². The molecule has 1 rings (SSSR count). The van der Waals surface area contributed by atoms with Crippen molar-refractivity contribution >= 4 is 10.0 Å². The lowest BCUT2D eigenvalue weighted by molar-refractivity contribution is 0.172. The maximum absolute atomic E-state index is 12.5. The summed E-state index contributed by atoms with van der Waals surface area (Å²) in [4.78, 5) is 0.203. The molecule has 0 aliphatic carbocycles. The lowest BCUT2D eigenvalue weighted by atomic mass is 9.96. The van der Waals surface area contributed by atoms with Crippen molar-refractivity contribution in [1.82, 2.24) is 14.5 Å². The Morgan fingerprint density at radius 3 is 2.16 bits per heavy atom. The van der Waals surface area contributed by atoms with Gasteiger partial charge in [0, 0.05) is 7.05 Å². The first-order chi connectivity index (χ1) is 8.73. The Bertz CT molecular complexity index is 537. The Balaban J connectivity index is 3.25. The normalized spacial score (nSPS) is 12.9. The van der Waals surface area contributed by atoms with Gasteiger partial charge in [-0.3, -0.25) is 4.68 Å². The van der Waals surface area contributed by atoms with Gasteiger partial charge in [0.2, 0.25) is 10.0 Å². The predicted molar refractivity (Wildman–Crippen MR) is 73.4 cm³/mol. The van der Waals surface area contributed by atoms with Gasteiger partial charge < -0.3 is 5.11 Å². The number of aliphatic hydroxyl groups is 1. The summed E-state index contributed by atoms with van der Waals surface area (Å²) >= 11 is 0. The molecular formula is C12H23N3O3S. The Hall–Kier alpha value is -0.920. The molecule has 0 saturated heterocycles. The second-order valence-corrected chi connectivity index (χ2v) is 6.49. The highest BCUT2D eigenvalue weighted by Crippen LogP contribution is 2.23. The van der Waals surface area contributed by atoms with Crippen LogP contribution in [0.1, 0.15) is 38.1 Å². The van der Waals surface area contributed by atoms with Gasteiger partial charge in [-0.05, 0) is 26.7 Å². The third kappa shape index (κ3) is 2.98. The summed E-state index contributed by atoms with van der Waals surface area (Å²) in [5.41, 5.74) is 0.240. The fourth-order valence-electron chi connectivity index (χ4n) is 2.13. The topological polar surface area (TPSA) is 84.2 Å². The summed E-state index contributed by atoms with van der Waals surface area (Å²) in [6.45, 7) is 6.86. The summed E-state index contributed by atoms with van der Waals surface area (Å²) in [7, 11) is -1.98. The smallest absolute Gasteiger partial charge is 0.244 e. The van der Waals surface area contributed by atoms with Gasteiger partial charge in [-0.1, -0.05) is 13.8 Å². The van der Waals surface area contributed by atoms with Crippen molar-refractivity contribution in [2.24, 2.45) is 7.05 Å². The molecule has 6 nitrogen and oxygen atoms in total. The van der Waals surface area contributed by atoms with E-state index in [9.17, 15) is 13.5 Å². The van der Waals surface area contributed by atoms with Gasteiger partial charge in [-0.15, -0.1) is 0 Å². The van der Waals surface area contributed by atoms with Crippen LogP contribution < -0.4 is 4.72 Å². The average molecular weight is 289 g/mol. The highest BCUT2D eigenvalue weighted by molar-refractivity contribution is 7.89. The van der Waals surface area contributed by atoms with Crippen molar-refractivity contribution in [2.75, 3.05) is 6.61 Å². The van der Waals surface area contributed by atoms with Crippen LogP contribution in [0.25, 0.3) is 0 Å². The molecule has 1 aromatic heterocycles. The minimum atomic E-state index is -3.69. The zero-order valence-corrected chi connectivity index (χ0v) is 13.0. The SMILES string of the molecule is CCC(CC)(CO)NS(=O)(=O)c1c(C)nn(C)c1C. The second-order valence-electron chi connectivity index (χ2n) is 4.87. The van der Waals surface area contributed by atoms with Crippen LogP contribution in [0.2, 0.25) is 0 Å². The molecule has 0 saturated carbocycles. The molecular weight excluding hydrogens is 266 g/mol. The quantitative estimate of drug-likeness (QED) is 0.813. The average Bonchev–Trinajstić information content (AvgIpc) is 2.61. The monoisotopic (exact) mass is 289 g/mol. The third-order valence-corrected chi connectivity index (χ3v) is 5.55. The number of nitrogens with one attached hydrogen (secondary N) is 1. The van der Waals surface area contributed by atoms with Gasteiger partial charge in [0.15, 0.2) is 0 Å². The highest BCUT2D eigenvalue weighted by Gasteiger charge is 2.34. The number of hydrogen-bond donors (Lipinski definition) is 2. The number of nitrogens with zero attached hydrogens (tertiary/aromatic N) is 2. The number of hydrogen-bond acceptors (Lipinski definition) is 4. The largest absolute Gasteiger partial charge is 0.394 e. The van der Waals surface area contributed by atoms with Crippen molar-refractivity contribution in [3.8, 4) is 0 Å². The van der Waals surface area contributed by atoms with Gasteiger partial charge in [-0.2, -0.15) is 5.10 Å². The second kappa shape index (κ2) is 5.60. The van der Waals surface area contributed by atoms with E-state index in [0.717, 1.165) is 0 Å². The summed E-state index contributed by atoms with van der Waals surface area (Å²) in [5, 5.41) is 13.6. The standard InChI is InChI=1S/C12H23N3O3S/c1-6-12(7-2,8-16)14-19(17,18)11-9(3)13-15(5)10(11)4/h14,16H,6-8H2,1-5H3. The third-order valence-electron chi connectivity index (χ3n) is 3.72. The highest BCUT2D eigenvalue weighted by atomic mass is 32.2. The lowest BCUT2D eigenvalue weighted by Gasteiger charge is -2.30. The van der Waals surface area contributed by atoms with E-state index in [1.807, 2.05) is 13.8 Å². The number of aromatic nitrogens is 2. The maximum atomic E-state index is 12.5. The number of aryl methyl sites for hydroxylation is 2. The van der Waals surface area contributed by atoms with E-state index < -0.39 is 15.6 Å². The van der Waals surface area contributed by atoms with Gasteiger partial charge in [-0.25, -0.2) is 13.1 Å². The van der Waals surface area contributed by atoms with Crippen molar-refractivity contribution < 1.29 is 13.5 Å². The number of aliphatic hydroxyl groups excluding tert-OH is 1. The molecule has 1 aromatic rings. The number of sulfonamides is 1. The van der Waals surface area contributed by atoms with Crippen LogP contribution in [-0.4, -0.2) is 35.5 Å². The summed E-state index contributed by atoms with van der Waals surface area (Å²) in [6.07, 6.45) is 1.05. The zero-order valence-electron chi connectivity index (χ0n) is 12.2. The fourth-order valence-corrected chi connectivity index (χ4v) is 4.11. The van der Waals surface area contributed by atoms with E-state index in [4.69, 9.17) is 0 Å². The van der Waals surface area contributed by atoms with Gasteiger partial charge in [0.05, 0.1) is 23.5 Å². The van der Waals surface area contributed by atoms with Crippen molar-refractivity contribution in [2.45, 2.75) is 51.0 Å². The minimum absolute atomic E-state index is 0.203. The molecule has 0 radical (unpaired) electrons. The van der Waals surface area contributed by atoms with E-state index >= 15 is 0 Å². The van der Waals surface area contributed by atoms with Crippen LogP contribution in [0.5, 0.6) is 0 Å². The predicted octanol–water partition coefficient (Wildman–Crippen LogP) is 0.866. The van der Waals surface area contributed by atoms with E-state index in [-0.39, 0.29) is 11.5 Å². The van der Waals surface area contributed by atoms with E-state index in [1.54, 1.807) is 25.6 Å². The summed E-state index contributed by atoms with van der Waals surface area (Å²) < 4.78 is 29.2. The first-order valence-electron chi connectivity index (χ1n) is 6.38. The number of rotatable bonds is 6. The van der Waals surface area contributed by atoms with Crippen LogP contribution in [0.4, 0.5) is 0 Å². The minimum Gasteiger partial charge on any atom is -0.394 e. The molecule has 0 fully saturated rings. The van der Waals surface area contributed by atoms with Gasteiger partial charge in [0.25, 0.3) is 0 Å². The van der Waals surface area contributed by atoms with Crippen molar-refractivity contribution in [3.63, 3.8) is 0 Å². The Labute approximate surface area is 114 Å². The molecule has 0 unspecified atom stereocenters. The van der Waals surface area contributed by atoms with Crippen LogP contribution in [0.3, 0.4) is 0 Å². The Morgan fingerprint density at radius 2 is 1.84 bits per heavy atom. The summed E-state index contributed by atoms with van der Waals surface area (Å²) in [5.74, 6) is 0. The van der Waals surface area contributed by atoms with E-state index in [0.29, 0.717) is 24.2 Å². The van der Waals surface area contributed by atoms with E-state index in [1.165, 1.54) is 0 Å². The molecule has 110 valence electrons. The maximum Gasteiger partial charge on any atom is 0.244 e. The zero-order chi connectivity index (χ0) is 14.8. The molecule has 7 heteroatoms. The molecule has 0 amide bonds. The fraction of sp³-hybridized carbons (Fsp3) is 0.750.